The number of ether oxygens (including phenoxy) is 2. The number of benzene rings is 2. The van der Waals surface area contributed by atoms with Crippen molar-refractivity contribution in [1.82, 2.24) is 4.31 Å². The number of anilines is 1. The predicted molar refractivity (Wildman–Crippen MR) is 106 cm³/mol. The second-order valence-electron chi connectivity index (χ2n) is 6.41. The monoisotopic (exact) mass is 422 g/mol. The smallest absolute Gasteiger partial charge is 0.339 e. The standard InChI is InChI=1S/C19H22N2O7S/c1-27-14-4-6-18(17(12-14)28-2)29(25,26)21-9-7-20(8-10-21)13-3-5-16(22)15(11-13)19(23)24/h3-6,11-12,22H,7-10H2,1-2H3,(H,23,24). The molecule has 156 valence electrons. The summed E-state index contributed by atoms with van der Waals surface area (Å²) >= 11 is 0. The van der Waals surface area contributed by atoms with E-state index in [1.54, 1.807) is 12.1 Å². The molecule has 1 aliphatic heterocycles. The van der Waals surface area contributed by atoms with Gasteiger partial charge in [-0.2, -0.15) is 4.31 Å². The highest BCUT2D eigenvalue weighted by atomic mass is 32.2. The van der Waals surface area contributed by atoms with Crippen molar-refractivity contribution in [2.75, 3.05) is 45.3 Å². The van der Waals surface area contributed by atoms with Gasteiger partial charge in [0.2, 0.25) is 10.0 Å². The fraction of sp³-hybridized carbons (Fsp3) is 0.316. The second-order valence-corrected chi connectivity index (χ2v) is 8.32. The second kappa shape index (κ2) is 8.18. The van der Waals surface area contributed by atoms with Gasteiger partial charge in [-0.25, -0.2) is 13.2 Å². The fourth-order valence-electron chi connectivity index (χ4n) is 3.21. The molecule has 0 aromatic heterocycles. The van der Waals surface area contributed by atoms with E-state index in [9.17, 15) is 18.3 Å². The highest BCUT2D eigenvalue weighted by Crippen LogP contribution is 2.32. The van der Waals surface area contributed by atoms with E-state index in [-0.39, 0.29) is 35.0 Å². The van der Waals surface area contributed by atoms with Crippen molar-refractivity contribution in [3.63, 3.8) is 0 Å². The van der Waals surface area contributed by atoms with Gasteiger partial charge in [0.15, 0.2) is 0 Å². The zero-order chi connectivity index (χ0) is 21.2. The van der Waals surface area contributed by atoms with Crippen molar-refractivity contribution in [2.45, 2.75) is 4.90 Å². The van der Waals surface area contributed by atoms with Gasteiger partial charge in [-0.3, -0.25) is 0 Å². The third kappa shape index (κ3) is 4.08. The molecule has 2 N–H and O–H groups in total. The van der Waals surface area contributed by atoms with E-state index in [0.29, 0.717) is 24.5 Å². The van der Waals surface area contributed by atoms with Gasteiger partial charge in [0.05, 0.1) is 14.2 Å². The van der Waals surface area contributed by atoms with E-state index in [0.717, 1.165) is 0 Å². The summed E-state index contributed by atoms with van der Waals surface area (Å²) < 4.78 is 37.9. The molecule has 1 aliphatic rings. The maximum atomic E-state index is 13.1. The number of carboxylic acid groups (broad SMARTS) is 1. The predicted octanol–water partition coefficient (Wildman–Crippen LogP) is 1.62. The van der Waals surface area contributed by atoms with Gasteiger partial charge in [0.1, 0.15) is 27.7 Å². The average Bonchev–Trinajstić information content (AvgIpc) is 2.73. The van der Waals surface area contributed by atoms with Crippen molar-refractivity contribution in [3.8, 4) is 17.2 Å². The molecule has 0 spiro atoms. The first-order valence-electron chi connectivity index (χ1n) is 8.81. The van der Waals surface area contributed by atoms with Gasteiger partial charge < -0.3 is 24.6 Å². The molecule has 1 fully saturated rings. The van der Waals surface area contributed by atoms with Crippen LogP contribution < -0.4 is 14.4 Å². The number of hydrogen-bond acceptors (Lipinski definition) is 7. The maximum Gasteiger partial charge on any atom is 0.339 e. The van der Waals surface area contributed by atoms with E-state index in [4.69, 9.17) is 14.6 Å². The molecule has 3 rings (SSSR count). The molecule has 1 saturated heterocycles. The van der Waals surface area contributed by atoms with Crippen molar-refractivity contribution in [3.05, 3.63) is 42.0 Å². The Bertz CT molecular complexity index is 1020. The lowest BCUT2D eigenvalue weighted by atomic mass is 10.1. The van der Waals surface area contributed by atoms with E-state index < -0.39 is 16.0 Å². The molecule has 10 heteroatoms. The first-order chi connectivity index (χ1) is 13.8. The average molecular weight is 422 g/mol. The molecular weight excluding hydrogens is 400 g/mol. The number of nitrogens with zero attached hydrogens (tertiary/aromatic N) is 2. The van der Waals surface area contributed by atoms with Crippen LogP contribution >= 0.6 is 0 Å². The molecule has 0 aliphatic carbocycles. The minimum Gasteiger partial charge on any atom is -0.507 e. The Morgan fingerprint density at radius 1 is 1.00 bits per heavy atom. The number of aromatic hydroxyl groups is 1. The van der Waals surface area contributed by atoms with Gasteiger partial charge in [0.25, 0.3) is 0 Å². The Balaban J connectivity index is 1.78. The topological polar surface area (TPSA) is 117 Å². The highest BCUT2D eigenvalue weighted by molar-refractivity contribution is 7.89. The van der Waals surface area contributed by atoms with Gasteiger partial charge >= 0.3 is 5.97 Å². The Hall–Kier alpha value is -2.98. The fourth-order valence-corrected chi connectivity index (χ4v) is 4.76. The van der Waals surface area contributed by atoms with Crippen LogP contribution in [0.3, 0.4) is 0 Å². The number of carbonyl (C=O) groups is 1. The first-order valence-corrected chi connectivity index (χ1v) is 10.3. The molecule has 0 saturated carbocycles. The molecular formula is C19H22N2O7S. The van der Waals surface area contributed by atoms with Crippen LogP contribution in [0.15, 0.2) is 41.3 Å². The number of methoxy groups -OCH3 is 2. The molecule has 9 nitrogen and oxygen atoms in total. The third-order valence-electron chi connectivity index (χ3n) is 4.80. The van der Waals surface area contributed by atoms with Crippen LogP contribution in [0.25, 0.3) is 0 Å². The number of piperazine rings is 1. The summed E-state index contributed by atoms with van der Waals surface area (Å²) in [4.78, 5) is 13.2. The molecule has 1 heterocycles. The van der Waals surface area contributed by atoms with Gasteiger partial charge in [-0.05, 0) is 30.3 Å². The summed E-state index contributed by atoms with van der Waals surface area (Å²) in [6, 6.07) is 8.86. The number of sulfonamides is 1. The van der Waals surface area contributed by atoms with Crippen LogP contribution in [0, 0.1) is 0 Å². The van der Waals surface area contributed by atoms with Gasteiger partial charge in [0, 0.05) is 37.9 Å². The van der Waals surface area contributed by atoms with Crippen LogP contribution in [-0.4, -0.2) is 69.3 Å². The number of carboxylic acids is 1. The van der Waals surface area contributed by atoms with Gasteiger partial charge in [-0.15, -0.1) is 0 Å². The molecule has 2 aromatic rings. The summed E-state index contributed by atoms with van der Waals surface area (Å²) in [7, 11) is -0.885. The number of aromatic carboxylic acids is 1. The number of rotatable bonds is 6. The minimum atomic E-state index is -3.77. The van der Waals surface area contributed by atoms with E-state index in [1.165, 1.54) is 42.8 Å². The Kier molecular flexibility index (Phi) is 5.85. The summed E-state index contributed by atoms with van der Waals surface area (Å²) in [6.07, 6.45) is 0. The molecule has 0 radical (unpaired) electrons. The van der Waals surface area contributed by atoms with E-state index >= 15 is 0 Å². The van der Waals surface area contributed by atoms with E-state index in [2.05, 4.69) is 0 Å². The van der Waals surface area contributed by atoms with Crippen molar-refractivity contribution < 1.29 is 32.9 Å². The lowest BCUT2D eigenvalue weighted by molar-refractivity contribution is 0.0693. The largest absolute Gasteiger partial charge is 0.507 e. The van der Waals surface area contributed by atoms with Crippen LogP contribution in [0.2, 0.25) is 0 Å². The zero-order valence-corrected chi connectivity index (χ0v) is 16.8. The minimum absolute atomic E-state index is 0.0621. The quantitative estimate of drug-likeness (QED) is 0.721. The van der Waals surface area contributed by atoms with Gasteiger partial charge in [-0.1, -0.05) is 0 Å². The van der Waals surface area contributed by atoms with Crippen LogP contribution in [0.1, 0.15) is 10.4 Å². The number of hydrogen-bond donors (Lipinski definition) is 2. The lowest BCUT2D eigenvalue weighted by Gasteiger charge is -2.35. The Morgan fingerprint density at radius 2 is 1.69 bits per heavy atom. The van der Waals surface area contributed by atoms with Crippen LogP contribution in [0.4, 0.5) is 5.69 Å². The molecule has 2 aromatic carbocycles. The molecule has 0 unspecified atom stereocenters. The van der Waals surface area contributed by atoms with E-state index in [1.807, 2.05) is 4.90 Å². The van der Waals surface area contributed by atoms with Crippen molar-refractivity contribution in [1.29, 1.82) is 0 Å². The summed E-state index contributed by atoms with van der Waals surface area (Å²) in [5, 5.41) is 18.8. The molecule has 0 atom stereocenters. The molecule has 0 bridgehead atoms. The summed E-state index contributed by atoms with van der Waals surface area (Å²) in [6.45, 7) is 1.20. The third-order valence-corrected chi connectivity index (χ3v) is 6.74. The highest BCUT2D eigenvalue weighted by Gasteiger charge is 2.31. The Labute approximate surface area is 168 Å². The normalized spacial score (nSPS) is 15.2. The van der Waals surface area contributed by atoms with Crippen molar-refractivity contribution >= 4 is 21.7 Å². The molecule has 29 heavy (non-hydrogen) atoms. The zero-order valence-electron chi connectivity index (χ0n) is 16.0. The maximum absolute atomic E-state index is 13.1. The molecule has 0 amide bonds. The van der Waals surface area contributed by atoms with Crippen LogP contribution in [-0.2, 0) is 10.0 Å². The lowest BCUT2D eigenvalue weighted by Crippen LogP contribution is -2.48. The summed E-state index contributed by atoms with van der Waals surface area (Å²) in [5.41, 5.74) is 0.416. The number of phenols is 1. The SMILES string of the molecule is COc1ccc(S(=O)(=O)N2CCN(c3ccc(O)c(C(=O)O)c3)CC2)c(OC)c1. The van der Waals surface area contributed by atoms with Crippen LogP contribution in [0.5, 0.6) is 17.2 Å². The summed E-state index contributed by atoms with van der Waals surface area (Å²) in [5.74, 6) is -0.838. The first kappa shape index (κ1) is 20.7. The Morgan fingerprint density at radius 3 is 2.28 bits per heavy atom. The van der Waals surface area contributed by atoms with Crippen molar-refractivity contribution in [2.24, 2.45) is 0 Å².